The molecule has 0 aliphatic heterocycles. The van der Waals surface area contributed by atoms with E-state index in [4.69, 9.17) is 14.9 Å². The van der Waals surface area contributed by atoms with Crippen molar-refractivity contribution in [3.8, 4) is 5.75 Å². The van der Waals surface area contributed by atoms with Crippen molar-refractivity contribution >= 4 is 34.2 Å². The molecule has 0 fully saturated rings. The van der Waals surface area contributed by atoms with Gasteiger partial charge in [0.2, 0.25) is 0 Å². The topological polar surface area (TPSA) is 107 Å². The van der Waals surface area contributed by atoms with Crippen LogP contribution in [-0.4, -0.2) is 25.0 Å². The standard InChI is InChI=1S/C26H25N3O4/c1-17-7-12-23-19(15-17)16-24(33-23)26(31)28-13-4-14-32-20-10-8-18(9-11-20)25(30)29-22-6-3-2-5-21(22)27/h2-3,5-12,15-16H,4,13-14,27H2,1H3,(H,28,31)(H,29,30). The number of para-hydroxylation sites is 2. The van der Waals surface area contributed by atoms with E-state index in [0.29, 0.717) is 53.6 Å². The summed E-state index contributed by atoms with van der Waals surface area (Å²) < 4.78 is 11.3. The second-order valence-electron chi connectivity index (χ2n) is 7.68. The van der Waals surface area contributed by atoms with Gasteiger partial charge in [-0.15, -0.1) is 0 Å². The van der Waals surface area contributed by atoms with Gasteiger partial charge >= 0.3 is 0 Å². The maximum absolute atomic E-state index is 12.4. The molecule has 0 saturated heterocycles. The maximum Gasteiger partial charge on any atom is 0.287 e. The quantitative estimate of drug-likeness (QED) is 0.269. The molecule has 3 aromatic carbocycles. The number of nitrogen functional groups attached to an aromatic ring is 1. The molecule has 4 N–H and O–H groups in total. The van der Waals surface area contributed by atoms with Crippen molar-refractivity contribution < 1.29 is 18.7 Å². The second kappa shape index (κ2) is 9.91. The first-order chi connectivity index (χ1) is 16.0. The Labute approximate surface area is 191 Å². The lowest BCUT2D eigenvalue weighted by Gasteiger charge is -2.09. The van der Waals surface area contributed by atoms with Gasteiger partial charge in [-0.1, -0.05) is 23.8 Å². The Bertz CT molecular complexity index is 1280. The summed E-state index contributed by atoms with van der Waals surface area (Å²) in [5.74, 6) is 0.438. The van der Waals surface area contributed by atoms with Crippen LogP contribution in [0.15, 0.2) is 77.2 Å². The van der Waals surface area contributed by atoms with E-state index in [0.717, 1.165) is 10.9 Å². The van der Waals surface area contributed by atoms with Crippen LogP contribution in [0.2, 0.25) is 0 Å². The molecule has 1 heterocycles. The number of benzene rings is 3. The zero-order valence-corrected chi connectivity index (χ0v) is 18.3. The number of rotatable bonds is 8. The van der Waals surface area contributed by atoms with Crippen LogP contribution in [0.4, 0.5) is 11.4 Å². The molecule has 0 radical (unpaired) electrons. The van der Waals surface area contributed by atoms with Gasteiger partial charge in [0.1, 0.15) is 11.3 Å². The molecule has 2 amide bonds. The highest BCUT2D eigenvalue weighted by molar-refractivity contribution is 6.05. The monoisotopic (exact) mass is 443 g/mol. The number of nitrogens with two attached hydrogens (primary N) is 1. The van der Waals surface area contributed by atoms with E-state index >= 15 is 0 Å². The molecular weight excluding hydrogens is 418 g/mol. The van der Waals surface area contributed by atoms with E-state index in [1.54, 1.807) is 42.5 Å². The highest BCUT2D eigenvalue weighted by Gasteiger charge is 2.12. The number of anilines is 2. The number of ether oxygens (including phenoxy) is 1. The van der Waals surface area contributed by atoms with Gasteiger partial charge in [-0.2, -0.15) is 0 Å². The number of carbonyl (C=O) groups is 2. The number of furan rings is 1. The number of carbonyl (C=O) groups excluding carboxylic acids is 2. The lowest BCUT2D eigenvalue weighted by Crippen LogP contribution is -2.25. The second-order valence-corrected chi connectivity index (χ2v) is 7.68. The van der Waals surface area contributed by atoms with Crippen LogP contribution in [0, 0.1) is 6.92 Å². The highest BCUT2D eigenvalue weighted by Crippen LogP contribution is 2.21. The van der Waals surface area contributed by atoms with Crippen molar-refractivity contribution in [2.24, 2.45) is 0 Å². The number of fused-ring (bicyclic) bond motifs is 1. The maximum atomic E-state index is 12.4. The lowest BCUT2D eigenvalue weighted by molar-refractivity contribution is 0.0925. The summed E-state index contributed by atoms with van der Waals surface area (Å²) in [5.41, 5.74) is 9.24. The van der Waals surface area contributed by atoms with Gasteiger partial charge in [0.25, 0.3) is 11.8 Å². The Morgan fingerprint density at radius 3 is 2.55 bits per heavy atom. The van der Waals surface area contributed by atoms with Crippen LogP contribution in [-0.2, 0) is 0 Å². The van der Waals surface area contributed by atoms with E-state index in [1.165, 1.54) is 0 Å². The summed E-state index contributed by atoms with van der Waals surface area (Å²) in [4.78, 5) is 24.7. The fraction of sp³-hybridized carbons (Fsp3) is 0.154. The molecule has 7 nitrogen and oxygen atoms in total. The third-order valence-electron chi connectivity index (χ3n) is 5.10. The minimum Gasteiger partial charge on any atom is -0.494 e. The van der Waals surface area contributed by atoms with Gasteiger partial charge in [0, 0.05) is 17.5 Å². The minimum absolute atomic E-state index is 0.247. The van der Waals surface area contributed by atoms with Crippen LogP contribution >= 0.6 is 0 Å². The summed E-state index contributed by atoms with van der Waals surface area (Å²) in [7, 11) is 0. The minimum atomic E-state index is -0.252. The Kier molecular flexibility index (Phi) is 6.59. The summed E-state index contributed by atoms with van der Waals surface area (Å²) in [6.45, 7) is 2.87. The van der Waals surface area contributed by atoms with Crippen molar-refractivity contribution in [2.75, 3.05) is 24.2 Å². The number of nitrogens with one attached hydrogen (secondary N) is 2. The first-order valence-corrected chi connectivity index (χ1v) is 10.7. The molecule has 0 aliphatic carbocycles. The molecule has 33 heavy (non-hydrogen) atoms. The smallest absolute Gasteiger partial charge is 0.287 e. The number of amides is 2. The normalized spacial score (nSPS) is 10.7. The predicted octanol–water partition coefficient (Wildman–Crippen LogP) is 4.77. The molecule has 0 aliphatic rings. The Morgan fingerprint density at radius 2 is 1.76 bits per heavy atom. The molecule has 4 aromatic rings. The zero-order valence-electron chi connectivity index (χ0n) is 18.3. The summed E-state index contributed by atoms with van der Waals surface area (Å²) in [5, 5.41) is 6.54. The number of hydrogen-bond donors (Lipinski definition) is 3. The zero-order chi connectivity index (χ0) is 23.2. The van der Waals surface area contributed by atoms with Gasteiger partial charge in [-0.05, 0) is 67.9 Å². The fourth-order valence-electron chi connectivity index (χ4n) is 3.33. The molecule has 0 atom stereocenters. The first-order valence-electron chi connectivity index (χ1n) is 10.7. The average Bonchev–Trinajstić information content (AvgIpc) is 3.24. The molecule has 0 saturated carbocycles. The average molecular weight is 444 g/mol. The molecule has 7 heteroatoms. The Hall–Kier alpha value is -4.26. The van der Waals surface area contributed by atoms with Crippen LogP contribution in [0.5, 0.6) is 5.75 Å². The van der Waals surface area contributed by atoms with Crippen molar-refractivity contribution in [2.45, 2.75) is 13.3 Å². The Morgan fingerprint density at radius 1 is 0.970 bits per heavy atom. The largest absolute Gasteiger partial charge is 0.494 e. The van der Waals surface area contributed by atoms with E-state index in [-0.39, 0.29) is 11.8 Å². The lowest BCUT2D eigenvalue weighted by atomic mass is 10.2. The number of hydrogen-bond acceptors (Lipinski definition) is 5. The third kappa shape index (κ3) is 5.51. The van der Waals surface area contributed by atoms with Crippen molar-refractivity contribution in [1.82, 2.24) is 5.32 Å². The molecular formula is C26H25N3O4. The highest BCUT2D eigenvalue weighted by atomic mass is 16.5. The van der Waals surface area contributed by atoms with Crippen molar-refractivity contribution in [3.05, 3.63) is 89.7 Å². The summed E-state index contributed by atoms with van der Waals surface area (Å²) >= 11 is 0. The molecule has 0 unspecified atom stereocenters. The fourth-order valence-corrected chi connectivity index (χ4v) is 3.33. The van der Waals surface area contributed by atoms with E-state index in [9.17, 15) is 9.59 Å². The van der Waals surface area contributed by atoms with E-state index in [1.807, 2.05) is 37.3 Å². The van der Waals surface area contributed by atoms with Crippen LogP contribution in [0.3, 0.4) is 0 Å². The van der Waals surface area contributed by atoms with Gasteiger partial charge < -0.3 is 25.5 Å². The van der Waals surface area contributed by atoms with E-state index in [2.05, 4.69) is 10.6 Å². The van der Waals surface area contributed by atoms with Crippen LogP contribution in [0.25, 0.3) is 11.0 Å². The molecule has 4 rings (SSSR count). The van der Waals surface area contributed by atoms with E-state index < -0.39 is 0 Å². The predicted molar refractivity (Wildman–Crippen MR) is 129 cm³/mol. The van der Waals surface area contributed by atoms with Crippen molar-refractivity contribution in [3.63, 3.8) is 0 Å². The van der Waals surface area contributed by atoms with Gasteiger partial charge in [-0.25, -0.2) is 0 Å². The summed E-state index contributed by atoms with van der Waals surface area (Å²) in [6, 6.07) is 21.5. The summed E-state index contributed by atoms with van der Waals surface area (Å²) in [6.07, 6.45) is 0.626. The van der Waals surface area contributed by atoms with Gasteiger partial charge in [0.15, 0.2) is 5.76 Å². The first kappa shape index (κ1) is 22.0. The third-order valence-corrected chi connectivity index (χ3v) is 5.10. The molecule has 1 aromatic heterocycles. The molecule has 0 spiro atoms. The van der Waals surface area contributed by atoms with Gasteiger partial charge in [-0.3, -0.25) is 9.59 Å². The van der Waals surface area contributed by atoms with Gasteiger partial charge in [0.05, 0.1) is 18.0 Å². The number of aryl methyl sites for hydroxylation is 1. The van der Waals surface area contributed by atoms with Crippen molar-refractivity contribution in [1.29, 1.82) is 0 Å². The van der Waals surface area contributed by atoms with Crippen LogP contribution < -0.4 is 21.1 Å². The van der Waals surface area contributed by atoms with Crippen LogP contribution in [0.1, 0.15) is 32.9 Å². The SMILES string of the molecule is Cc1ccc2oc(C(=O)NCCCOc3ccc(C(=O)Nc4ccccc4N)cc3)cc2c1. The Balaban J connectivity index is 1.21. The molecule has 0 bridgehead atoms. The molecule has 168 valence electrons.